The van der Waals surface area contributed by atoms with E-state index in [0.717, 1.165) is 29.0 Å². The number of allylic oxidation sites excluding steroid dienone is 2. The summed E-state index contributed by atoms with van der Waals surface area (Å²) in [5.41, 5.74) is -1.14. The Morgan fingerprint density at radius 2 is 1.91 bits per heavy atom. The van der Waals surface area contributed by atoms with Crippen LogP contribution in [0.4, 0.5) is 0 Å². The Labute approximate surface area is 138 Å². The van der Waals surface area contributed by atoms with Gasteiger partial charge < -0.3 is 10.4 Å². The monoisotopic (exact) mass is 333 g/mol. The molecular weight excluding hydrogens is 314 g/mol. The molecule has 22 heavy (non-hydrogen) atoms. The maximum atomic E-state index is 12.3. The Balaban J connectivity index is 1.74. The highest BCUT2D eigenvalue weighted by atomic mass is 32.1. The van der Waals surface area contributed by atoms with Gasteiger partial charge in [-0.25, -0.2) is 0 Å². The van der Waals surface area contributed by atoms with Crippen molar-refractivity contribution in [3.63, 3.8) is 0 Å². The van der Waals surface area contributed by atoms with Crippen molar-refractivity contribution >= 4 is 28.6 Å². The zero-order valence-electron chi connectivity index (χ0n) is 12.2. The molecule has 116 valence electrons. The Kier molecular flexibility index (Phi) is 4.76. The number of carbonyl (C=O) groups is 1. The van der Waals surface area contributed by atoms with Crippen molar-refractivity contribution < 1.29 is 9.90 Å². The van der Waals surface area contributed by atoms with Gasteiger partial charge in [-0.05, 0) is 42.2 Å². The fraction of sp³-hybridized carbons (Fsp3) is 0.353. The van der Waals surface area contributed by atoms with E-state index in [9.17, 15) is 9.90 Å². The molecule has 0 aliphatic heterocycles. The molecular formula is C17H19NO2S2. The molecule has 1 atom stereocenters. The van der Waals surface area contributed by atoms with Crippen LogP contribution in [-0.2, 0) is 10.4 Å². The first-order valence-corrected chi connectivity index (χ1v) is 9.19. The molecule has 0 aromatic carbocycles. The summed E-state index contributed by atoms with van der Waals surface area (Å²) in [5.74, 6) is 0.0665. The highest BCUT2D eigenvalue weighted by Crippen LogP contribution is 2.35. The van der Waals surface area contributed by atoms with E-state index < -0.39 is 5.60 Å². The summed E-state index contributed by atoms with van der Waals surface area (Å²) in [5, 5.41) is 18.0. The molecule has 1 aliphatic rings. The smallest absolute Gasteiger partial charge is 0.223 e. The van der Waals surface area contributed by atoms with Crippen molar-refractivity contribution in [2.45, 2.75) is 24.9 Å². The molecule has 2 N–H and O–H groups in total. The van der Waals surface area contributed by atoms with E-state index in [2.05, 4.69) is 17.5 Å². The van der Waals surface area contributed by atoms with Crippen molar-refractivity contribution in [2.75, 3.05) is 6.54 Å². The molecule has 0 unspecified atom stereocenters. The van der Waals surface area contributed by atoms with E-state index in [1.54, 1.807) is 0 Å². The Hall–Kier alpha value is -1.43. The van der Waals surface area contributed by atoms with Gasteiger partial charge in [-0.15, -0.1) is 22.7 Å². The number of amides is 1. The summed E-state index contributed by atoms with van der Waals surface area (Å²) in [6.07, 6.45) is 6.83. The number of hydrogen-bond donors (Lipinski definition) is 2. The molecule has 1 aliphatic carbocycles. The lowest BCUT2D eigenvalue weighted by Gasteiger charge is -2.27. The van der Waals surface area contributed by atoms with Crippen LogP contribution < -0.4 is 5.32 Å². The van der Waals surface area contributed by atoms with Crippen molar-refractivity contribution in [3.8, 4) is 0 Å². The molecule has 0 fully saturated rings. The summed E-state index contributed by atoms with van der Waals surface area (Å²) in [6.45, 7) is 0.215. The highest BCUT2D eigenvalue weighted by Gasteiger charge is 2.34. The summed E-state index contributed by atoms with van der Waals surface area (Å²) < 4.78 is 0. The number of carbonyl (C=O) groups excluding carboxylic acids is 1. The van der Waals surface area contributed by atoms with Gasteiger partial charge >= 0.3 is 0 Å². The first-order chi connectivity index (χ1) is 10.7. The summed E-state index contributed by atoms with van der Waals surface area (Å²) >= 11 is 3.02. The van der Waals surface area contributed by atoms with E-state index in [1.807, 2.05) is 35.0 Å². The first kappa shape index (κ1) is 15.5. The average Bonchev–Trinajstić information content (AvgIpc) is 3.26. The Morgan fingerprint density at radius 3 is 2.41 bits per heavy atom. The molecule has 1 amide bonds. The fourth-order valence-corrected chi connectivity index (χ4v) is 4.46. The van der Waals surface area contributed by atoms with Gasteiger partial charge in [0.1, 0.15) is 5.60 Å². The molecule has 3 nitrogen and oxygen atoms in total. The molecule has 2 heterocycles. The third kappa shape index (κ3) is 3.16. The van der Waals surface area contributed by atoms with Crippen LogP contribution >= 0.6 is 22.7 Å². The maximum absolute atomic E-state index is 12.3. The number of nitrogens with one attached hydrogen (secondary N) is 1. The molecule has 2 aromatic rings. The van der Waals surface area contributed by atoms with E-state index >= 15 is 0 Å². The van der Waals surface area contributed by atoms with Crippen molar-refractivity contribution in [1.82, 2.24) is 5.32 Å². The molecule has 2 aromatic heterocycles. The maximum Gasteiger partial charge on any atom is 0.223 e. The molecule has 5 heteroatoms. The lowest BCUT2D eigenvalue weighted by molar-refractivity contribution is -0.126. The quantitative estimate of drug-likeness (QED) is 0.823. The summed E-state index contributed by atoms with van der Waals surface area (Å²) in [7, 11) is 0. The van der Waals surface area contributed by atoms with E-state index in [-0.39, 0.29) is 18.4 Å². The minimum atomic E-state index is -1.14. The van der Waals surface area contributed by atoms with Crippen molar-refractivity contribution in [2.24, 2.45) is 5.92 Å². The SMILES string of the molecule is O=C(NCC(O)(c1cccs1)c1cccs1)[C@H]1CC=CCC1. The van der Waals surface area contributed by atoms with Crippen LogP contribution in [0.25, 0.3) is 0 Å². The highest BCUT2D eigenvalue weighted by molar-refractivity contribution is 7.11. The Morgan fingerprint density at radius 1 is 1.23 bits per heavy atom. The van der Waals surface area contributed by atoms with Gasteiger partial charge in [0.05, 0.1) is 6.54 Å². The minimum Gasteiger partial charge on any atom is -0.377 e. The lowest BCUT2D eigenvalue weighted by atomic mass is 9.93. The number of rotatable bonds is 5. The fourth-order valence-electron chi connectivity index (χ4n) is 2.71. The topological polar surface area (TPSA) is 49.3 Å². The largest absolute Gasteiger partial charge is 0.377 e. The van der Waals surface area contributed by atoms with E-state index in [4.69, 9.17) is 0 Å². The standard InChI is InChI=1S/C17H19NO2S2/c19-16(13-6-2-1-3-7-13)18-12-17(20,14-8-4-10-21-14)15-9-5-11-22-15/h1-2,4-5,8-11,13,20H,3,6-7,12H2,(H,18,19)/t13-/m0/s1. The van der Waals surface area contributed by atoms with Crippen LogP contribution in [0.2, 0.25) is 0 Å². The van der Waals surface area contributed by atoms with Crippen LogP contribution in [0.5, 0.6) is 0 Å². The van der Waals surface area contributed by atoms with Gasteiger partial charge in [-0.1, -0.05) is 24.3 Å². The summed E-state index contributed by atoms with van der Waals surface area (Å²) in [6, 6.07) is 7.68. The second kappa shape index (κ2) is 6.77. The van der Waals surface area contributed by atoms with E-state index in [0.29, 0.717) is 0 Å². The average molecular weight is 333 g/mol. The van der Waals surface area contributed by atoms with Crippen LogP contribution in [0.3, 0.4) is 0 Å². The van der Waals surface area contributed by atoms with Crippen LogP contribution in [0.1, 0.15) is 29.0 Å². The van der Waals surface area contributed by atoms with Crippen molar-refractivity contribution in [1.29, 1.82) is 0 Å². The van der Waals surface area contributed by atoms with Gasteiger partial charge in [-0.3, -0.25) is 4.79 Å². The van der Waals surface area contributed by atoms with Gasteiger partial charge in [-0.2, -0.15) is 0 Å². The second-order valence-corrected chi connectivity index (χ2v) is 7.41. The second-order valence-electron chi connectivity index (χ2n) is 5.51. The summed E-state index contributed by atoms with van der Waals surface area (Å²) in [4.78, 5) is 14.1. The zero-order chi connectivity index (χ0) is 15.4. The third-order valence-electron chi connectivity index (χ3n) is 4.02. The molecule has 0 radical (unpaired) electrons. The normalized spacial score (nSPS) is 18.3. The van der Waals surface area contributed by atoms with Crippen molar-refractivity contribution in [3.05, 3.63) is 56.9 Å². The minimum absolute atomic E-state index is 0.0286. The van der Waals surface area contributed by atoms with Crippen LogP contribution in [0.15, 0.2) is 47.2 Å². The lowest BCUT2D eigenvalue weighted by Crippen LogP contribution is -2.43. The first-order valence-electron chi connectivity index (χ1n) is 7.43. The number of aliphatic hydroxyl groups is 1. The molecule has 3 rings (SSSR count). The molecule has 0 saturated heterocycles. The number of thiophene rings is 2. The molecule has 0 saturated carbocycles. The van der Waals surface area contributed by atoms with Gasteiger partial charge in [0, 0.05) is 15.7 Å². The van der Waals surface area contributed by atoms with Crippen LogP contribution in [0, 0.1) is 5.92 Å². The number of hydrogen-bond acceptors (Lipinski definition) is 4. The zero-order valence-corrected chi connectivity index (χ0v) is 13.8. The van der Waals surface area contributed by atoms with Gasteiger partial charge in [0.2, 0.25) is 5.91 Å². The predicted octanol–water partition coefficient (Wildman–Crippen LogP) is 3.52. The van der Waals surface area contributed by atoms with Gasteiger partial charge in [0.15, 0.2) is 0 Å². The molecule has 0 spiro atoms. The van der Waals surface area contributed by atoms with E-state index in [1.165, 1.54) is 22.7 Å². The molecule has 0 bridgehead atoms. The predicted molar refractivity (Wildman–Crippen MR) is 91.1 cm³/mol. The third-order valence-corrected chi connectivity index (χ3v) is 6.06. The Bertz CT molecular complexity index is 597. The van der Waals surface area contributed by atoms with Gasteiger partial charge in [0.25, 0.3) is 0 Å². The van der Waals surface area contributed by atoms with Crippen LogP contribution in [-0.4, -0.2) is 17.6 Å².